The summed E-state index contributed by atoms with van der Waals surface area (Å²) in [6.07, 6.45) is 0.0381. The lowest BCUT2D eigenvalue weighted by Gasteiger charge is -2.03. The Morgan fingerprint density at radius 1 is 1.31 bits per heavy atom. The van der Waals surface area contributed by atoms with Crippen LogP contribution >= 0.6 is 31.9 Å². The first-order valence-corrected chi connectivity index (χ1v) is 4.85. The molecule has 0 saturated carbocycles. The van der Waals surface area contributed by atoms with Gasteiger partial charge in [-0.15, -0.1) is 0 Å². The predicted molar refractivity (Wildman–Crippen MR) is 51.1 cm³/mol. The van der Waals surface area contributed by atoms with Gasteiger partial charge in [-0.2, -0.15) is 5.26 Å². The number of benzene rings is 1. The average Bonchev–Trinajstić information content (AvgIpc) is 2.11. The fourth-order valence-corrected chi connectivity index (χ4v) is 1.71. The summed E-state index contributed by atoms with van der Waals surface area (Å²) in [6, 6.07) is 3.24. The van der Waals surface area contributed by atoms with Crippen LogP contribution in [0.4, 0.5) is 8.78 Å². The minimum atomic E-state index is -0.973. The summed E-state index contributed by atoms with van der Waals surface area (Å²) in [7, 11) is 0. The Kier molecular flexibility index (Phi) is 3.40. The molecule has 0 amide bonds. The quantitative estimate of drug-likeness (QED) is 0.575. The van der Waals surface area contributed by atoms with Gasteiger partial charge in [0.25, 0.3) is 0 Å². The summed E-state index contributed by atoms with van der Waals surface area (Å²) in [5.41, 5.74) is 0.424. The number of nitriles is 1. The standard InChI is InChI=1S/C8H3Br2F2N/c9-5-3-4(1-2-13)6(10)8(12)7(5)11/h3H,1H2. The summed E-state index contributed by atoms with van der Waals surface area (Å²) in [5.74, 6) is -1.92. The first kappa shape index (κ1) is 10.6. The van der Waals surface area contributed by atoms with E-state index < -0.39 is 11.6 Å². The minimum absolute atomic E-state index is 0.00903. The van der Waals surface area contributed by atoms with Crippen molar-refractivity contribution in [3.8, 4) is 6.07 Å². The van der Waals surface area contributed by atoms with Crippen LogP contribution in [0.5, 0.6) is 0 Å². The van der Waals surface area contributed by atoms with Gasteiger partial charge in [-0.25, -0.2) is 8.78 Å². The molecule has 1 aromatic rings. The van der Waals surface area contributed by atoms with Crippen LogP contribution in [0.15, 0.2) is 15.0 Å². The molecular formula is C8H3Br2F2N. The molecule has 0 heterocycles. The Balaban J connectivity index is 3.34. The van der Waals surface area contributed by atoms with E-state index in [1.54, 1.807) is 0 Å². The Morgan fingerprint density at radius 2 is 1.92 bits per heavy atom. The van der Waals surface area contributed by atoms with E-state index in [9.17, 15) is 8.78 Å². The molecule has 1 nitrogen and oxygen atoms in total. The van der Waals surface area contributed by atoms with Crippen molar-refractivity contribution in [1.82, 2.24) is 0 Å². The van der Waals surface area contributed by atoms with Crippen molar-refractivity contribution in [2.24, 2.45) is 0 Å². The number of rotatable bonds is 1. The number of hydrogen-bond acceptors (Lipinski definition) is 1. The van der Waals surface area contributed by atoms with E-state index in [2.05, 4.69) is 31.9 Å². The molecule has 0 aliphatic rings. The zero-order valence-corrected chi connectivity index (χ0v) is 9.42. The van der Waals surface area contributed by atoms with E-state index in [0.717, 1.165) is 0 Å². The van der Waals surface area contributed by atoms with Gasteiger partial charge in [0, 0.05) is 0 Å². The second-order valence-corrected chi connectivity index (χ2v) is 3.94. The van der Waals surface area contributed by atoms with E-state index in [1.165, 1.54) is 6.07 Å². The minimum Gasteiger partial charge on any atom is -0.202 e. The second-order valence-electron chi connectivity index (χ2n) is 2.29. The van der Waals surface area contributed by atoms with Gasteiger partial charge in [0.15, 0.2) is 11.6 Å². The van der Waals surface area contributed by atoms with Crippen LogP contribution in [-0.4, -0.2) is 0 Å². The Morgan fingerprint density at radius 3 is 2.46 bits per heavy atom. The van der Waals surface area contributed by atoms with Crippen LogP contribution in [0.1, 0.15) is 5.56 Å². The Bertz CT molecular complexity index is 385. The Labute approximate surface area is 90.6 Å². The lowest BCUT2D eigenvalue weighted by molar-refractivity contribution is 0.498. The van der Waals surface area contributed by atoms with Crippen molar-refractivity contribution in [1.29, 1.82) is 5.26 Å². The van der Waals surface area contributed by atoms with Gasteiger partial charge < -0.3 is 0 Å². The van der Waals surface area contributed by atoms with Gasteiger partial charge in [0.05, 0.1) is 21.4 Å². The van der Waals surface area contributed by atoms with Crippen LogP contribution in [0.25, 0.3) is 0 Å². The van der Waals surface area contributed by atoms with Crippen LogP contribution in [0.3, 0.4) is 0 Å². The summed E-state index contributed by atoms with van der Waals surface area (Å²) >= 11 is 5.73. The zero-order chi connectivity index (χ0) is 10.0. The third kappa shape index (κ3) is 2.06. The third-order valence-corrected chi connectivity index (χ3v) is 2.88. The molecule has 68 valence electrons. The molecule has 0 saturated heterocycles. The highest BCUT2D eigenvalue weighted by atomic mass is 79.9. The van der Waals surface area contributed by atoms with Crippen LogP contribution in [-0.2, 0) is 6.42 Å². The molecule has 0 fully saturated rings. The average molecular weight is 311 g/mol. The van der Waals surface area contributed by atoms with E-state index in [-0.39, 0.29) is 15.4 Å². The predicted octanol–water partition coefficient (Wildman–Crippen LogP) is 3.56. The lowest BCUT2D eigenvalue weighted by Crippen LogP contribution is -1.94. The maximum atomic E-state index is 13.0. The van der Waals surface area contributed by atoms with E-state index >= 15 is 0 Å². The maximum absolute atomic E-state index is 13.0. The second kappa shape index (κ2) is 4.16. The molecule has 1 rings (SSSR count). The Hall–Kier alpha value is -0.470. The molecule has 1 aromatic carbocycles. The molecule has 5 heteroatoms. The maximum Gasteiger partial charge on any atom is 0.174 e. The summed E-state index contributed by atoms with van der Waals surface area (Å²) < 4.78 is 25.9. The van der Waals surface area contributed by atoms with Crippen molar-refractivity contribution in [2.45, 2.75) is 6.42 Å². The van der Waals surface area contributed by atoms with E-state index in [4.69, 9.17) is 5.26 Å². The van der Waals surface area contributed by atoms with Gasteiger partial charge in [0.1, 0.15) is 0 Å². The largest absolute Gasteiger partial charge is 0.202 e. The summed E-state index contributed by atoms with van der Waals surface area (Å²) in [4.78, 5) is 0. The molecule has 0 spiro atoms. The van der Waals surface area contributed by atoms with Gasteiger partial charge in [-0.1, -0.05) is 0 Å². The normalized spacial score (nSPS) is 9.77. The molecule has 0 bridgehead atoms. The molecule has 0 atom stereocenters. The molecule has 0 aromatic heterocycles. The van der Waals surface area contributed by atoms with Crippen LogP contribution in [0, 0.1) is 23.0 Å². The van der Waals surface area contributed by atoms with Crippen molar-refractivity contribution < 1.29 is 8.78 Å². The fraction of sp³-hybridized carbons (Fsp3) is 0.125. The smallest absolute Gasteiger partial charge is 0.174 e. The highest BCUT2D eigenvalue weighted by Crippen LogP contribution is 2.28. The molecule has 0 N–H and O–H groups in total. The topological polar surface area (TPSA) is 23.8 Å². The fourth-order valence-electron chi connectivity index (χ4n) is 0.836. The number of hydrogen-bond donors (Lipinski definition) is 0. The van der Waals surface area contributed by atoms with Gasteiger partial charge >= 0.3 is 0 Å². The molecule has 0 aliphatic heterocycles. The molecule has 0 radical (unpaired) electrons. The highest BCUT2D eigenvalue weighted by molar-refractivity contribution is 9.11. The number of nitrogens with zero attached hydrogens (tertiary/aromatic N) is 1. The van der Waals surface area contributed by atoms with Crippen molar-refractivity contribution in [3.63, 3.8) is 0 Å². The first-order valence-electron chi connectivity index (χ1n) is 3.26. The summed E-state index contributed by atoms with van der Waals surface area (Å²) in [5, 5.41) is 8.39. The van der Waals surface area contributed by atoms with Crippen LogP contribution in [0.2, 0.25) is 0 Å². The molecule has 0 aliphatic carbocycles. The number of halogens is 4. The van der Waals surface area contributed by atoms with E-state index in [0.29, 0.717) is 5.56 Å². The van der Waals surface area contributed by atoms with Crippen molar-refractivity contribution in [2.75, 3.05) is 0 Å². The van der Waals surface area contributed by atoms with Gasteiger partial charge in [-0.3, -0.25) is 0 Å². The highest BCUT2D eigenvalue weighted by Gasteiger charge is 2.14. The molecule has 0 unspecified atom stereocenters. The monoisotopic (exact) mass is 309 g/mol. The SMILES string of the molecule is N#CCc1cc(Br)c(F)c(F)c1Br. The van der Waals surface area contributed by atoms with Crippen LogP contribution < -0.4 is 0 Å². The lowest BCUT2D eigenvalue weighted by atomic mass is 10.1. The van der Waals surface area contributed by atoms with Gasteiger partial charge in [0.2, 0.25) is 0 Å². The summed E-state index contributed by atoms with van der Waals surface area (Å²) in [6.45, 7) is 0. The van der Waals surface area contributed by atoms with E-state index in [1.807, 2.05) is 6.07 Å². The third-order valence-electron chi connectivity index (χ3n) is 1.45. The first-order chi connectivity index (χ1) is 6.07. The molecular weight excluding hydrogens is 308 g/mol. The van der Waals surface area contributed by atoms with Gasteiger partial charge in [-0.05, 0) is 43.5 Å². The zero-order valence-electron chi connectivity index (χ0n) is 6.24. The van der Waals surface area contributed by atoms with Crippen molar-refractivity contribution in [3.05, 3.63) is 32.2 Å². The van der Waals surface area contributed by atoms with Crippen molar-refractivity contribution >= 4 is 31.9 Å². The molecule has 13 heavy (non-hydrogen) atoms.